The van der Waals surface area contributed by atoms with Gasteiger partial charge in [-0.15, -0.1) is 5.10 Å². The number of methoxy groups -OCH3 is 2. The Kier molecular flexibility index (Phi) is 6.90. The van der Waals surface area contributed by atoms with Crippen LogP contribution in [0.4, 0.5) is 11.7 Å². The van der Waals surface area contributed by atoms with Crippen LogP contribution in [0.1, 0.15) is 10.4 Å². The number of hydrogen-bond donors (Lipinski definition) is 2. The van der Waals surface area contributed by atoms with Crippen LogP contribution in [-0.4, -0.2) is 38.7 Å². The number of sulfonamides is 1. The molecule has 1 aromatic heterocycles. The number of aromatic nitrogens is 2. The maximum atomic E-state index is 12.6. The topological polar surface area (TPSA) is 133 Å². The zero-order chi connectivity index (χ0) is 25.0. The van der Waals surface area contributed by atoms with Crippen LogP contribution >= 0.6 is 11.6 Å². The second kappa shape index (κ2) is 10.0. The number of nitrogens with one attached hydrogen (secondary N) is 2. The molecule has 0 aliphatic heterocycles. The normalized spacial score (nSPS) is 11.1. The molecular formula is C23H19ClN4O6S. The number of amides is 1. The molecule has 180 valence electrons. The molecule has 0 bridgehead atoms. The van der Waals surface area contributed by atoms with Crippen molar-refractivity contribution >= 4 is 39.2 Å². The number of hydrogen-bond acceptors (Lipinski definition) is 8. The Bertz CT molecular complexity index is 1450. The highest BCUT2D eigenvalue weighted by atomic mass is 35.5. The maximum Gasteiger partial charge on any atom is 0.322 e. The fourth-order valence-corrected chi connectivity index (χ4v) is 4.23. The van der Waals surface area contributed by atoms with Crippen LogP contribution in [-0.2, 0) is 10.0 Å². The zero-order valence-electron chi connectivity index (χ0n) is 18.5. The molecule has 10 nitrogen and oxygen atoms in total. The Balaban J connectivity index is 1.44. The summed E-state index contributed by atoms with van der Waals surface area (Å²) in [6, 6.07) is 16.6. The highest BCUT2D eigenvalue weighted by Gasteiger charge is 2.18. The molecule has 0 atom stereocenters. The Hall–Kier alpha value is -4.09. The lowest BCUT2D eigenvalue weighted by molar-refractivity contribution is 0.102. The zero-order valence-corrected chi connectivity index (χ0v) is 20.1. The van der Waals surface area contributed by atoms with E-state index in [1.807, 2.05) is 0 Å². The maximum absolute atomic E-state index is 12.6. The molecule has 2 N–H and O–H groups in total. The lowest BCUT2D eigenvalue weighted by Gasteiger charge is -2.09. The van der Waals surface area contributed by atoms with Crippen molar-refractivity contribution < 1.29 is 27.1 Å². The summed E-state index contributed by atoms with van der Waals surface area (Å²) in [5, 5.41) is 10.7. The first kappa shape index (κ1) is 24.0. The van der Waals surface area contributed by atoms with Crippen LogP contribution in [0.3, 0.4) is 0 Å². The van der Waals surface area contributed by atoms with Gasteiger partial charge in [0.1, 0.15) is 11.5 Å². The Morgan fingerprint density at radius 2 is 1.66 bits per heavy atom. The van der Waals surface area contributed by atoms with E-state index in [1.165, 1.54) is 62.8 Å². The van der Waals surface area contributed by atoms with E-state index in [4.69, 9.17) is 25.5 Å². The number of rotatable bonds is 8. The number of benzene rings is 3. The summed E-state index contributed by atoms with van der Waals surface area (Å²) in [5.41, 5.74) is 1.06. The van der Waals surface area contributed by atoms with E-state index in [2.05, 4.69) is 20.2 Å². The van der Waals surface area contributed by atoms with Crippen molar-refractivity contribution in [2.45, 2.75) is 4.90 Å². The van der Waals surface area contributed by atoms with Crippen LogP contribution in [0.2, 0.25) is 5.02 Å². The van der Waals surface area contributed by atoms with Gasteiger partial charge in [0.15, 0.2) is 0 Å². The van der Waals surface area contributed by atoms with Crippen LogP contribution in [0.5, 0.6) is 11.5 Å². The minimum absolute atomic E-state index is 0.0596. The average Bonchev–Trinajstić information content (AvgIpc) is 3.32. The highest BCUT2D eigenvalue weighted by molar-refractivity contribution is 7.92. The molecule has 4 aromatic rings. The second-order valence-electron chi connectivity index (χ2n) is 7.07. The number of carbonyl (C=O) groups is 1. The molecule has 1 heterocycles. The molecule has 1 amide bonds. The summed E-state index contributed by atoms with van der Waals surface area (Å²) < 4.78 is 43.5. The first-order valence-corrected chi connectivity index (χ1v) is 11.9. The monoisotopic (exact) mass is 514 g/mol. The third-order valence-electron chi connectivity index (χ3n) is 4.81. The molecule has 0 radical (unpaired) electrons. The van der Waals surface area contributed by atoms with Gasteiger partial charge in [0.2, 0.25) is 0 Å². The van der Waals surface area contributed by atoms with E-state index >= 15 is 0 Å². The van der Waals surface area contributed by atoms with Gasteiger partial charge in [-0.05, 0) is 60.7 Å². The van der Waals surface area contributed by atoms with E-state index in [-0.39, 0.29) is 28.1 Å². The second-order valence-corrected chi connectivity index (χ2v) is 9.19. The van der Waals surface area contributed by atoms with E-state index in [9.17, 15) is 13.2 Å². The lowest BCUT2D eigenvalue weighted by Crippen LogP contribution is -2.14. The van der Waals surface area contributed by atoms with Crippen molar-refractivity contribution in [2.24, 2.45) is 0 Å². The Labute approximate surface area is 205 Å². The molecule has 0 saturated heterocycles. The molecule has 0 aliphatic rings. The number of nitrogens with zero attached hydrogens (tertiary/aromatic N) is 2. The van der Waals surface area contributed by atoms with Crippen molar-refractivity contribution in [1.82, 2.24) is 10.2 Å². The van der Waals surface area contributed by atoms with Gasteiger partial charge in [-0.2, -0.15) is 0 Å². The summed E-state index contributed by atoms with van der Waals surface area (Å²) in [7, 11) is -0.772. The van der Waals surface area contributed by atoms with Crippen molar-refractivity contribution in [2.75, 3.05) is 24.3 Å². The van der Waals surface area contributed by atoms with Gasteiger partial charge < -0.3 is 13.9 Å². The SMILES string of the molecule is COc1ccc(-c2nnc(NC(=O)c3ccc(NS(=O)(=O)c4ccc(Cl)cc4)cc3)o2)c(OC)c1. The largest absolute Gasteiger partial charge is 0.497 e. The number of carbonyl (C=O) groups excluding carboxylic acids is 1. The summed E-state index contributed by atoms with van der Waals surface area (Å²) >= 11 is 5.81. The Morgan fingerprint density at radius 1 is 0.943 bits per heavy atom. The van der Waals surface area contributed by atoms with Crippen molar-refractivity contribution in [3.05, 3.63) is 77.3 Å². The summed E-state index contributed by atoms with van der Waals surface area (Å²) in [5.74, 6) is 0.681. The molecule has 0 unspecified atom stereocenters. The van der Waals surface area contributed by atoms with Crippen LogP contribution in [0.25, 0.3) is 11.5 Å². The van der Waals surface area contributed by atoms with E-state index in [1.54, 1.807) is 18.2 Å². The van der Waals surface area contributed by atoms with Gasteiger partial charge in [-0.1, -0.05) is 16.7 Å². The Morgan fingerprint density at radius 3 is 2.31 bits per heavy atom. The van der Waals surface area contributed by atoms with Crippen LogP contribution in [0.15, 0.2) is 76.0 Å². The summed E-state index contributed by atoms with van der Waals surface area (Å²) in [4.78, 5) is 12.6. The molecule has 0 saturated carbocycles. The molecular weight excluding hydrogens is 496 g/mol. The molecule has 3 aromatic carbocycles. The first-order chi connectivity index (χ1) is 16.8. The third-order valence-corrected chi connectivity index (χ3v) is 6.46. The first-order valence-electron chi connectivity index (χ1n) is 10.0. The molecule has 0 spiro atoms. The van der Waals surface area contributed by atoms with Crippen LogP contribution in [0, 0.1) is 0 Å². The van der Waals surface area contributed by atoms with Gasteiger partial charge in [0, 0.05) is 22.3 Å². The predicted octanol–water partition coefficient (Wildman–Crippen LogP) is 4.46. The van der Waals surface area contributed by atoms with E-state index in [0.717, 1.165) is 0 Å². The number of anilines is 2. The van der Waals surface area contributed by atoms with Gasteiger partial charge in [-0.25, -0.2) is 8.42 Å². The van der Waals surface area contributed by atoms with Crippen LogP contribution < -0.4 is 19.5 Å². The molecule has 12 heteroatoms. The number of halogens is 1. The predicted molar refractivity (Wildman–Crippen MR) is 129 cm³/mol. The van der Waals surface area contributed by atoms with Crippen molar-refractivity contribution in [3.63, 3.8) is 0 Å². The van der Waals surface area contributed by atoms with Crippen molar-refractivity contribution in [3.8, 4) is 23.0 Å². The van der Waals surface area contributed by atoms with E-state index < -0.39 is 15.9 Å². The minimum atomic E-state index is -3.81. The molecule has 35 heavy (non-hydrogen) atoms. The van der Waals surface area contributed by atoms with Gasteiger partial charge in [-0.3, -0.25) is 14.8 Å². The molecule has 0 aliphatic carbocycles. The average molecular weight is 515 g/mol. The third kappa shape index (κ3) is 5.53. The van der Waals surface area contributed by atoms with Gasteiger partial charge >= 0.3 is 6.01 Å². The van der Waals surface area contributed by atoms with E-state index in [0.29, 0.717) is 22.1 Å². The smallest absolute Gasteiger partial charge is 0.322 e. The van der Waals surface area contributed by atoms with Crippen molar-refractivity contribution in [1.29, 1.82) is 0 Å². The fraction of sp³-hybridized carbons (Fsp3) is 0.0870. The quantitative estimate of drug-likeness (QED) is 0.352. The highest BCUT2D eigenvalue weighted by Crippen LogP contribution is 2.33. The summed E-state index contributed by atoms with van der Waals surface area (Å²) in [6.07, 6.45) is 0. The number of ether oxygens (including phenoxy) is 2. The minimum Gasteiger partial charge on any atom is -0.497 e. The molecule has 4 rings (SSSR count). The summed E-state index contributed by atoms with van der Waals surface area (Å²) in [6.45, 7) is 0. The fourth-order valence-electron chi connectivity index (χ4n) is 3.04. The molecule has 0 fully saturated rings. The van der Waals surface area contributed by atoms with Gasteiger partial charge in [0.25, 0.3) is 21.8 Å². The standard InChI is InChI=1S/C23H19ClN4O6S/c1-32-17-9-12-19(20(13-17)33-2)22-26-27-23(34-22)25-21(29)14-3-7-16(8-4-14)28-35(30,31)18-10-5-15(24)6-11-18/h3-13,28H,1-2H3,(H,25,27,29). The van der Waals surface area contributed by atoms with Gasteiger partial charge in [0.05, 0.1) is 24.7 Å². The lowest BCUT2D eigenvalue weighted by atomic mass is 10.2.